The van der Waals surface area contributed by atoms with Crippen molar-refractivity contribution < 1.29 is 9.90 Å². The average Bonchev–Trinajstić information content (AvgIpc) is 1.61. The van der Waals surface area contributed by atoms with E-state index in [2.05, 4.69) is 0 Å². The predicted molar refractivity (Wildman–Crippen MR) is 38.0 cm³/mol. The van der Waals surface area contributed by atoms with E-state index in [1.165, 1.54) is 6.08 Å². The van der Waals surface area contributed by atoms with Crippen LogP contribution in [0.4, 0.5) is 0 Å². The van der Waals surface area contributed by atoms with Crippen LogP contribution in [0.2, 0.25) is 0 Å². The van der Waals surface area contributed by atoms with Gasteiger partial charge in [-0.25, -0.2) is 4.79 Å². The average molecular weight is 270 g/mol. The van der Waals surface area contributed by atoms with Crippen LogP contribution in [0.1, 0.15) is 0 Å². The van der Waals surface area contributed by atoms with Gasteiger partial charge in [-0.2, -0.15) is 0 Å². The van der Waals surface area contributed by atoms with Crippen molar-refractivity contribution >= 4 is 55.0 Å². The van der Waals surface area contributed by atoms with Gasteiger partial charge in [0.05, 0.1) is 0 Å². The van der Waals surface area contributed by atoms with Crippen LogP contribution in [-0.2, 0) is 4.79 Å². The van der Waals surface area contributed by atoms with Gasteiger partial charge >= 0.3 is 5.97 Å². The Bertz CT molecular complexity index is 113. The van der Waals surface area contributed by atoms with Gasteiger partial charge in [0.2, 0.25) is 0 Å². The van der Waals surface area contributed by atoms with Gasteiger partial charge in [0.25, 0.3) is 0 Å². The van der Waals surface area contributed by atoms with E-state index >= 15 is 0 Å². The molecule has 0 aliphatic heterocycles. The molecule has 0 fully saturated rings. The third-order valence-electron chi connectivity index (χ3n) is 0.384. The maximum Gasteiger partial charge on any atom is 0.328 e. The molecule has 0 aromatic rings. The molecule has 0 saturated heterocycles. The predicted octanol–water partition coefficient (Wildman–Crippen LogP) is 1.05. The molecule has 0 aromatic carbocycles. The van der Waals surface area contributed by atoms with Crippen LogP contribution >= 0.6 is 23.2 Å². The van der Waals surface area contributed by atoms with Gasteiger partial charge < -0.3 is 5.11 Å². The molecule has 2 nitrogen and oxygen atoms in total. The first-order chi connectivity index (χ1) is 3.63. The fourth-order valence-electron chi connectivity index (χ4n) is 0.155. The van der Waals surface area contributed by atoms with E-state index in [-0.39, 0.29) is 25.8 Å². The molecule has 0 amide bonds. The van der Waals surface area contributed by atoms with Gasteiger partial charge in [-0.15, -0.1) is 23.2 Å². The van der Waals surface area contributed by atoms with E-state index in [0.29, 0.717) is 0 Å². The van der Waals surface area contributed by atoms with Crippen LogP contribution in [-0.4, -0.2) is 41.8 Å². The molecule has 0 bridgehead atoms. The largest absolute Gasteiger partial charge is 0.478 e. The second-order valence-electron chi connectivity index (χ2n) is 1.03. The first-order valence-corrected chi connectivity index (χ1v) is 2.69. The summed E-state index contributed by atoms with van der Waals surface area (Å²) in [6, 6.07) is 0. The minimum Gasteiger partial charge on any atom is -0.478 e. The van der Waals surface area contributed by atoms with E-state index in [1.807, 2.05) is 0 Å². The fourth-order valence-corrected chi connectivity index (χ4v) is 0.301. The maximum absolute atomic E-state index is 9.70. The Labute approximate surface area is 81.6 Å². The standard InChI is InChI=1S/C4H4Cl2O2.In/c5-3(6)1-2-4(7)8;/h1-3H,(H,7,8);. The SMILES string of the molecule is O=C(O)C=CC(Cl)Cl.[In]. The molecule has 3 radical (unpaired) electrons. The summed E-state index contributed by atoms with van der Waals surface area (Å²) < 4.78 is 0. The molecule has 0 saturated carbocycles. The Hall–Kier alpha value is 0.660. The zero-order valence-electron chi connectivity index (χ0n) is 4.42. The Kier molecular flexibility index (Phi) is 9.30. The molecule has 0 aliphatic rings. The smallest absolute Gasteiger partial charge is 0.328 e. The second kappa shape index (κ2) is 6.78. The molecule has 0 heterocycles. The van der Waals surface area contributed by atoms with Crippen molar-refractivity contribution in [3.63, 3.8) is 0 Å². The number of rotatable bonds is 2. The van der Waals surface area contributed by atoms with E-state index in [4.69, 9.17) is 28.3 Å². The number of allylic oxidation sites excluding steroid dienone is 1. The number of carboxylic acid groups (broad SMARTS) is 1. The second-order valence-corrected chi connectivity index (χ2v) is 2.20. The van der Waals surface area contributed by atoms with Gasteiger partial charge in [0.1, 0.15) is 4.84 Å². The van der Waals surface area contributed by atoms with E-state index in [0.717, 1.165) is 6.08 Å². The quantitative estimate of drug-likeness (QED) is 0.601. The van der Waals surface area contributed by atoms with Crippen molar-refractivity contribution in [2.75, 3.05) is 0 Å². The Morgan fingerprint density at radius 3 is 2.11 bits per heavy atom. The topological polar surface area (TPSA) is 37.3 Å². The van der Waals surface area contributed by atoms with Crippen LogP contribution in [0, 0.1) is 0 Å². The molecule has 0 spiro atoms. The number of hydrogen-bond donors (Lipinski definition) is 1. The van der Waals surface area contributed by atoms with E-state index in [9.17, 15) is 4.79 Å². The summed E-state index contributed by atoms with van der Waals surface area (Å²) in [7, 11) is 0. The molecule has 0 aromatic heterocycles. The number of carbonyl (C=O) groups is 1. The van der Waals surface area contributed by atoms with Gasteiger partial charge in [-0.1, -0.05) is 0 Å². The molecular formula is C4H4Cl2InO2. The fraction of sp³-hybridized carbons (Fsp3) is 0.250. The molecule has 0 rings (SSSR count). The maximum atomic E-state index is 9.70. The summed E-state index contributed by atoms with van der Waals surface area (Å²) in [5.74, 6) is -1.05. The summed E-state index contributed by atoms with van der Waals surface area (Å²) in [5, 5.41) is 7.96. The number of alkyl halides is 2. The molecule has 9 heavy (non-hydrogen) atoms. The molecule has 5 heteroatoms. The van der Waals surface area contributed by atoms with E-state index < -0.39 is 10.8 Å². The zero-order valence-corrected chi connectivity index (χ0v) is 9.23. The van der Waals surface area contributed by atoms with Crippen LogP contribution in [0.25, 0.3) is 0 Å². The summed E-state index contributed by atoms with van der Waals surface area (Å²) in [4.78, 5) is 8.97. The monoisotopic (exact) mass is 269 g/mol. The Balaban J connectivity index is 0. The molecule has 0 atom stereocenters. The van der Waals surface area contributed by atoms with Gasteiger partial charge in [-0.05, 0) is 6.08 Å². The van der Waals surface area contributed by atoms with Crippen molar-refractivity contribution in [3.05, 3.63) is 12.2 Å². The van der Waals surface area contributed by atoms with Crippen LogP contribution < -0.4 is 0 Å². The first-order valence-electron chi connectivity index (χ1n) is 1.82. The molecule has 0 unspecified atom stereocenters. The summed E-state index contributed by atoms with van der Waals surface area (Å²) >= 11 is 10.3. The Morgan fingerprint density at radius 1 is 1.56 bits per heavy atom. The summed E-state index contributed by atoms with van der Waals surface area (Å²) in [5.41, 5.74) is 0. The molecule has 49 valence electrons. The molecular weight excluding hydrogens is 266 g/mol. The number of halogens is 2. The zero-order chi connectivity index (χ0) is 6.57. The minimum absolute atomic E-state index is 0. The van der Waals surface area contributed by atoms with Crippen LogP contribution in [0.5, 0.6) is 0 Å². The van der Waals surface area contributed by atoms with Crippen LogP contribution in [0.3, 0.4) is 0 Å². The number of carboxylic acids is 1. The van der Waals surface area contributed by atoms with Crippen molar-refractivity contribution in [1.82, 2.24) is 0 Å². The number of hydrogen-bond acceptors (Lipinski definition) is 1. The van der Waals surface area contributed by atoms with Gasteiger partial charge in [0.15, 0.2) is 0 Å². The van der Waals surface area contributed by atoms with Gasteiger partial charge in [0, 0.05) is 31.9 Å². The van der Waals surface area contributed by atoms with Crippen molar-refractivity contribution in [1.29, 1.82) is 0 Å². The van der Waals surface area contributed by atoms with Gasteiger partial charge in [-0.3, -0.25) is 0 Å². The van der Waals surface area contributed by atoms with Crippen molar-refractivity contribution in [2.24, 2.45) is 0 Å². The third kappa shape index (κ3) is 12.0. The van der Waals surface area contributed by atoms with E-state index in [1.54, 1.807) is 0 Å². The normalized spacial score (nSPS) is 9.67. The number of aliphatic carboxylic acids is 1. The van der Waals surface area contributed by atoms with Crippen molar-refractivity contribution in [2.45, 2.75) is 4.84 Å². The third-order valence-corrected chi connectivity index (χ3v) is 0.675. The van der Waals surface area contributed by atoms with Crippen LogP contribution in [0.15, 0.2) is 12.2 Å². The minimum atomic E-state index is -1.05. The van der Waals surface area contributed by atoms with Crippen molar-refractivity contribution in [3.8, 4) is 0 Å². The molecule has 1 N–H and O–H groups in total. The Morgan fingerprint density at radius 2 is 2.00 bits per heavy atom. The summed E-state index contributed by atoms with van der Waals surface area (Å²) in [6.07, 6.45) is 2.07. The molecule has 0 aliphatic carbocycles. The summed E-state index contributed by atoms with van der Waals surface area (Å²) in [6.45, 7) is 0. The first kappa shape index (κ1) is 12.3.